The van der Waals surface area contributed by atoms with Gasteiger partial charge in [0, 0.05) is 11.8 Å². The third-order valence-electron chi connectivity index (χ3n) is 2.99. The van der Waals surface area contributed by atoms with Crippen molar-refractivity contribution in [1.29, 1.82) is 0 Å². The standard InChI is InChI=1S/C12H14O6/c1-15-11(13)17-9-7-3-5-8(6-4-7)10(9)18-12(14)16-2/h3-10H,1-2H3. The molecule has 3 aliphatic rings. The predicted octanol–water partition coefficient (Wildman–Crippen LogP) is 1.66. The van der Waals surface area contributed by atoms with Gasteiger partial charge in [0.1, 0.15) is 0 Å². The molecule has 0 aliphatic heterocycles. The maximum Gasteiger partial charge on any atom is 0.508 e. The van der Waals surface area contributed by atoms with Crippen molar-refractivity contribution in [2.24, 2.45) is 11.8 Å². The van der Waals surface area contributed by atoms with E-state index in [2.05, 4.69) is 9.47 Å². The number of hydrogen-bond acceptors (Lipinski definition) is 6. The smallest absolute Gasteiger partial charge is 0.438 e. The van der Waals surface area contributed by atoms with Crippen LogP contribution in [0.3, 0.4) is 0 Å². The van der Waals surface area contributed by atoms with Crippen LogP contribution in [-0.4, -0.2) is 38.7 Å². The number of rotatable bonds is 2. The molecule has 0 amide bonds. The van der Waals surface area contributed by atoms with Gasteiger partial charge in [0.25, 0.3) is 0 Å². The average molecular weight is 254 g/mol. The van der Waals surface area contributed by atoms with Gasteiger partial charge in [-0.2, -0.15) is 0 Å². The summed E-state index contributed by atoms with van der Waals surface area (Å²) in [6, 6.07) is 0. The topological polar surface area (TPSA) is 71.1 Å². The first-order valence-corrected chi connectivity index (χ1v) is 5.51. The molecule has 0 N–H and O–H groups in total. The van der Waals surface area contributed by atoms with Gasteiger partial charge >= 0.3 is 12.3 Å². The second kappa shape index (κ2) is 5.12. The molecule has 3 rings (SSSR count). The van der Waals surface area contributed by atoms with E-state index < -0.39 is 24.5 Å². The van der Waals surface area contributed by atoms with Gasteiger partial charge in [-0.15, -0.1) is 0 Å². The molecule has 0 saturated carbocycles. The molecule has 2 bridgehead atoms. The van der Waals surface area contributed by atoms with Gasteiger partial charge in [-0.3, -0.25) is 0 Å². The Labute approximate surface area is 104 Å². The molecular formula is C12H14O6. The lowest BCUT2D eigenvalue weighted by atomic mass is 9.77. The second-order valence-corrected chi connectivity index (χ2v) is 4.00. The van der Waals surface area contributed by atoms with Gasteiger partial charge in [0.2, 0.25) is 0 Å². The maximum absolute atomic E-state index is 11.2. The molecular weight excluding hydrogens is 240 g/mol. The molecule has 0 radical (unpaired) electrons. The van der Waals surface area contributed by atoms with Crippen molar-refractivity contribution in [3.8, 4) is 0 Å². The molecule has 0 aromatic rings. The molecule has 6 nitrogen and oxygen atoms in total. The van der Waals surface area contributed by atoms with Gasteiger partial charge < -0.3 is 18.9 Å². The zero-order chi connectivity index (χ0) is 13.1. The van der Waals surface area contributed by atoms with Gasteiger partial charge in [0.15, 0.2) is 12.2 Å². The predicted molar refractivity (Wildman–Crippen MR) is 59.8 cm³/mol. The molecule has 6 heteroatoms. The largest absolute Gasteiger partial charge is 0.508 e. The Morgan fingerprint density at radius 1 is 0.778 bits per heavy atom. The van der Waals surface area contributed by atoms with E-state index in [0.29, 0.717) is 0 Å². The van der Waals surface area contributed by atoms with Crippen LogP contribution in [0.25, 0.3) is 0 Å². The van der Waals surface area contributed by atoms with Crippen LogP contribution in [0.4, 0.5) is 9.59 Å². The minimum absolute atomic E-state index is 0.122. The highest BCUT2D eigenvalue weighted by Crippen LogP contribution is 2.35. The average Bonchev–Trinajstić information content (AvgIpc) is 2.42. The van der Waals surface area contributed by atoms with E-state index >= 15 is 0 Å². The summed E-state index contributed by atoms with van der Waals surface area (Å²) in [6.45, 7) is 0. The lowest BCUT2D eigenvalue weighted by molar-refractivity contribution is -0.0736. The second-order valence-electron chi connectivity index (χ2n) is 4.00. The number of carbonyl (C=O) groups is 2. The van der Waals surface area contributed by atoms with Crippen LogP contribution in [0, 0.1) is 11.8 Å². The van der Waals surface area contributed by atoms with Crippen LogP contribution in [0.5, 0.6) is 0 Å². The lowest BCUT2D eigenvalue weighted by Crippen LogP contribution is -2.47. The fourth-order valence-corrected chi connectivity index (χ4v) is 2.13. The van der Waals surface area contributed by atoms with Gasteiger partial charge in [-0.05, 0) is 0 Å². The van der Waals surface area contributed by atoms with E-state index in [1.807, 2.05) is 24.3 Å². The number of fused-ring (bicyclic) bond motifs is 1. The number of methoxy groups -OCH3 is 2. The highest BCUT2D eigenvalue weighted by atomic mass is 16.8. The Balaban J connectivity index is 2.13. The maximum atomic E-state index is 11.2. The molecule has 0 spiro atoms. The normalized spacial score (nSPS) is 31.9. The summed E-state index contributed by atoms with van der Waals surface area (Å²) in [5.41, 5.74) is 0. The zero-order valence-electron chi connectivity index (χ0n) is 10.1. The fourth-order valence-electron chi connectivity index (χ4n) is 2.13. The first kappa shape index (κ1) is 12.5. The van der Waals surface area contributed by atoms with E-state index in [1.54, 1.807) is 0 Å². The molecule has 2 atom stereocenters. The Morgan fingerprint density at radius 3 is 1.39 bits per heavy atom. The molecule has 18 heavy (non-hydrogen) atoms. The zero-order valence-corrected chi connectivity index (χ0v) is 10.1. The molecule has 0 aromatic heterocycles. The minimum Gasteiger partial charge on any atom is -0.438 e. The summed E-state index contributed by atoms with van der Waals surface area (Å²) in [5, 5.41) is 0. The van der Waals surface area contributed by atoms with Gasteiger partial charge in [-0.25, -0.2) is 9.59 Å². The summed E-state index contributed by atoms with van der Waals surface area (Å²) < 4.78 is 19.2. The quantitative estimate of drug-likeness (QED) is 0.551. The Hall–Kier alpha value is -1.98. The van der Waals surface area contributed by atoms with Crippen LogP contribution >= 0.6 is 0 Å². The SMILES string of the molecule is COC(=O)OC1C2C=CC(C=C2)C1OC(=O)OC. The molecule has 98 valence electrons. The highest BCUT2D eigenvalue weighted by Gasteiger charge is 2.43. The van der Waals surface area contributed by atoms with Crippen LogP contribution in [0.15, 0.2) is 24.3 Å². The Kier molecular flexibility index (Phi) is 3.55. The van der Waals surface area contributed by atoms with E-state index in [1.165, 1.54) is 14.2 Å². The van der Waals surface area contributed by atoms with E-state index in [-0.39, 0.29) is 11.8 Å². The third-order valence-corrected chi connectivity index (χ3v) is 2.99. The van der Waals surface area contributed by atoms with E-state index in [9.17, 15) is 9.59 Å². The van der Waals surface area contributed by atoms with E-state index in [0.717, 1.165) is 0 Å². The summed E-state index contributed by atoms with van der Waals surface area (Å²) in [7, 11) is 2.45. The molecule has 0 saturated heterocycles. The van der Waals surface area contributed by atoms with Crippen LogP contribution in [0.1, 0.15) is 0 Å². The monoisotopic (exact) mass is 254 g/mol. The summed E-state index contributed by atoms with van der Waals surface area (Å²) in [6.07, 6.45) is 4.88. The van der Waals surface area contributed by atoms with Crippen molar-refractivity contribution in [2.75, 3.05) is 14.2 Å². The van der Waals surface area contributed by atoms with Gasteiger partial charge in [-0.1, -0.05) is 24.3 Å². The van der Waals surface area contributed by atoms with E-state index in [4.69, 9.17) is 9.47 Å². The van der Waals surface area contributed by atoms with Crippen LogP contribution in [-0.2, 0) is 18.9 Å². The number of hydrogen-bond donors (Lipinski definition) is 0. The van der Waals surface area contributed by atoms with Crippen molar-refractivity contribution in [3.63, 3.8) is 0 Å². The minimum atomic E-state index is -0.798. The van der Waals surface area contributed by atoms with Gasteiger partial charge in [0.05, 0.1) is 14.2 Å². The van der Waals surface area contributed by atoms with Crippen molar-refractivity contribution >= 4 is 12.3 Å². The Morgan fingerprint density at radius 2 is 1.11 bits per heavy atom. The fraction of sp³-hybridized carbons (Fsp3) is 0.500. The van der Waals surface area contributed by atoms with Crippen LogP contribution < -0.4 is 0 Å². The number of carbonyl (C=O) groups excluding carboxylic acids is 2. The summed E-state index contributed by atoms with van der Waals surface area (Å²) >= 11 is 0. The first-order valence-electron chi connectivity index (χ1n) is 5.51. The summed E-state index contributed by atoms with van der Waals surface area (Å²) in [4.78, 5) is 22.4. The summed E-state index contributed by atoms with van der Waals surface area (Å²) in [5.74, 6) is -0.243. The van der Waals surface area contributed by atoms with Crippen molar-refractivity contribution < 1.29 is 28.5 Å². The number of ether oxygens (including phenoxy) is 4. The van der Waals surface area contributed by atoms with Crippen molar-refractivity contribution in [3.05, 3.63) is 24.3 Å². The third kappa shape index (κ3) is 2.32. The molecule has 0 heterocycles. The first-order chi connectivity index (χ1) is 8.65. The molecule has 0 fully saturated rings. The molecule has 0 aromatic carbocycles. The highest BCUT2D eigenvalue weighted by molar-refractivity contribution is 5.61. The lowest BCUT2D eigenvalue weighted by Gasteiger charge is -2.38. The van der Waals surface area contributed by atoms with Crippen LogP contribution in [0.2, 0.25) is 0 Å². The van der Waals surface area contributed by atoms with Crippen molar-refractivity contribution in [2.45, 2.75) is 12.2 Å². The molecule has 2 unspecified atom stereocenters. The molecule has 3 aliphatic carbocycles. The Bertz CT molecular complexity index is 349. The van der Waals surface area contributed by atoms with Crippen molar-refractivity contribution in [1.82, 2.24) is 0 Å².